The van der Waals surface area contributed by atoms with Crippen molar-refractivity contribution < 1.29 is 9.53 Å². The maximum Gasteiger partial charge on any atom is 0.302 e. The second-order valence-corrected chi connectivity index (χ2v) is 11.0. The van der Waals surface area contributed by atoms with Gasteiger partial charge in [-0.1, -0.05) is 23.2 Å². The lowest BCUT2D eigenvalue weighted by Crippen LogP contribution is -2.54. The van der Waals surface area contributed by atoms with Crippen LogP contribution in [-0.2, 0) is 9.53 Å². The maximum atomic E-state index is 11.5. The Labute approximate surface area is 158 Å². The van der Waals surface area contributed by atoms with Crippen LogP contribution < -0.4 is 0 Å². The average molecular weight is 425 g/mol. The Morgan fingerprint density at radius 1 is 1.00 bits per heavy atom. The number of hydrogen-bond acceptors (Lipinski definition) is 2. The molecule has 10 atom stereocenters. The summed E-state index contributed by atoms with van der Waals surface area (Å²) in [4.78, 5) is 8.27. The number of carbonyl (C=O) groups excluding carboxylic acids is 1. The van der Waals surface area contributed by atoms with Gasteiger partial charge in [0.1, 0.15) is 15.9 Å². The Morgan fingerprint density at radius 3 is 2.23 bits per heavy atom. The van der Waals surface area contributed by atoms with E-state index in [1.807, 2.05) is 0 Å². The molecule has 5 aliphatic rings. The molecule has 0 aromatic carbocycles. The minimum absolute atomic E-state index is 0.0241. The summed E-state index contributed by atoms with van der Waals surface area (Å²) in [6, 6.07) is 0. The molecule has 22 heavy (non-hydrogen) atoms. The Bertz CT molecular complexity index is 626. The molecule has 5 rings (SSSR count). The monoisotopic (exact) mass is 422 g/mol. The SMILES string of the molecule is CC(=O)O[C@H]1C2CC3C1C1(Cl)C(Cl)C4(Cl)C2C3C1(Cl)C4(Cl)Cl. The highest BCUT2D eigenvalue weighted by Gasteiger charge is 3.00. The standard InChI is InChI=1S/C14H12Cl6O2/c1-3(21)22-9-5-2-4-7-6(5)12(17)10(15)11(16,8(4)9)13(7,18)14(12,19)20/h4-10H,2H2,1H3/t4?,5?,6?,7?,8?,9-,10?,11?,12?,13?/m0/s1. The van der Waals surface area contributed by atoms with Gasteiger partial charge in [-0.15, -0.1) is 46.4 Å². The van der Waals surface area contributed by atoms with Crippen molar-refractivity contribution in [3.05, 3.63) is 0 Å². The summed E-state index contributed by atoms with van der Waals surface area (Å²) in [6.45, 7) is 1.40. The van der Waals surface area contributed by atoms with Gasteiger partial charge in [0.15, 0.2) is 4.33 Å². The highest BCUT2D eigenvalue weighted by atomic mass is 35.5. The fourth-order valence-electron chi connectivity index (χ4n) is 6.80. The molecule has 0 heterocycles. The third kappa shape index (κ3) is 1.06. The zero-order valence-electron chi connectivity index (χ0n) is 11.3. The largest absolute Gasteiger partial charge is 0.462 e. The number of rotatable bonds is 1. The lowest BCUT2D eigenvalue weighted by Gasteiger charge is -2.41. The highest BCUT2D eigenvalue weighted by Crippen LogP contribution is 2.91. The fourth-order valence-corrected chi connectivity index (χ4v) is 10.9. The first kappa shape index (κ1) is 15.5. The quantitative estimate of drug-likeness (QED) is 0.466. The van der Waals surface area contributed by atoms with Crippen LogP contribution in [0.1, 0.15) is 13.3 Å². The van der Waals surface area contributed by atoms with Gasteiger partial charge in [-0.05, 0) is 24.2 Å². The summed E-state index contributed by atoms with van der Waals surface area (Å²) in [5.41, 5.74) is 0. The Balaban J connectivity index is 1.79. The normalized spacial score (nSPS) is 68.2. The summed E-state index contributed by atoms with van der Waals surface area (Å²) >= 11 is 41.1. The lowest BCUT2D eigenvalue weighted by atomic mass is 9.76. The zero-order valence-corrected chi connectivity index (χ0v) is 15.9. The summed E-state index contributed by atoms with van der Waals surface area (Å²) in [6.07, 6.45) is 0.594. The molecule has 5 aliphatic carbocycles. The van der Waals surface area contributed by atoms with Crippen LogP contribution in [0.2, 0.25) is 0 Å². The van der Waals surface area contributed by atoms with Crippen LogP contribution in [-0.4, -0.2) is 36.4 Å². The Kier molecular flexibility index (Phi) is 2.68. The van der Waals surface area contributed by atoms with Crippen molar-refractivity contribution >= 4 is 75.6 Å². The zero-order chi connectivity index (χ0) is 16.0. The smallest absolute Gasteiger partial charge is 0.302 e. The van der Waals surface area contributed by atoms with Gasteiger partial charge < -0.3 is 4.74 Å². The highest BCUT2D eigenvalue weighted by molar-refractivity contribution is 6.63. The van der Waals surface area contributed by atoms with Gasteiger partial charge >= 0.3 is 5.97 Å². The third-order valence-electron chi connectivity index (χ3n) is 7.06. The molecule has 9 unspecified atom stereocenters. The van der Waals surface area contributed by atoms with Gasteiger partial charge in [0.05, 0.1) is 10.3 Å². The number of hydrogen-bond donors (Lipinski definition) is 0. The molecule has 2 nitrogen and oxygen atoms in total. The number of carbonyl (C=O) groups is 1. The predicted octanol–water partition coefficient (Wildman–Crippen LogP) is 4.17. The van der Waals surface area contributed by atoms with Crippen molar-refractivity contribution in [3.8, 4) is 0 Å². The Morgan fingerprint density at radius 2 is 1.64 bits per heavy atom. The topological polar surface area (TPSA) is 26.3 Å². The van der Waals surface area contributed by atoms with E-state index in [1.54, 1.807) is 0 Å². The van der Waals surface area contributed by atoms with Crippen molar-refractivity contribution in [3.63, 3.8) is 0 Å². The summed E-state index contributed by atoms with van der Waals surface area (Å²) < 4.78 is 4.21. The van der Waals surface area contributed by atoms with Crippen molar-refractivity contribution in [1.82, 2.24) is 0 Å². The van der Waals surface area contributed by atoms with Crippen molar-refractivity contribution in [2.45, 2.75) is 43.8 Å². The van der Waals surface area contributed by atoms with Crippen LogP contribution >= 0.6 is 69.6 Å². The van der Waals surface area contributed by atoms with Crippen molar-refractivity contribution in [2.75, 3.05) is 0 Å². The molecule has 5 fully saturated rings. The summed E-state index contributed by atoms with van der Waals surface area (Å²) in [5, 5.41) is -0.671. The molecule has 122 valence electrons. The van der Waals surface area contributed by atoms with Gasteiger partial charge in [0, 0.05) is 18.8 Å². The van der Waals surface area contributed by atoms with E-state index in [2.05, 4.69) is 0 Å². The number of halogens is 6. The molecule has 0 amide bonds. The molecule has 0 aliphatic heterocycles. The van der Waals surface area contributed by atoms with Crippen LogP contribution in [0.4, 0.5) is 0 Å². The van der Waals surface area contributed by atoms with E-state index in [1.165, 1.54) is 6.92 Å². The molecule has 0 aromatic rings. The van der Waals surface area contributed by atoms with Crippen molar-refractivity contribution in [1.29, 1.82) is 0 Å². The van der Waals surface area contributed by atoms with Gasteiger partial charge in [-0.25, -0.2) is 0 Å². The molecule has 0 spiro atoms. The molecule has 5 saturated carbocycles. The van der Waals surface area contributed by atoms with E-state index in [-0.39, 0.29) is 41.7 Å². The first-order valence-corrected chi connectivity index (χ1v) is 9.64. The van der Waals surface area contributed by atoms with E-state index in [0.717, 1.165) is 6.42 Å². The van der Waals surface area contributed by atoms with E-state index in [0.29, 0.717) is 0 Å². The van der Waals surface area contributed by atoms with E-state index >= 15 is 0 Å². The predicted molar refractivity (Wildman–Crippen MR) is 87.5 cm³/mol. The molecule has 4 bridgehead atoms. The van der Waals surface area contributed by atoms with Crippen LogP contribution in [0.5, 0.6) is 0 Å². The molecule has 0 saturated heterocycles. The van der Waals surface area contributed by atoms with Crippen LogP contribution in [0, 0.1) is 29.6 Å². The summed E-state index contributed by atoms with van der Waals surface area (Å²) in [5.74, 6) is -0.251. The minimum atomic E-state index is -1.40. The van der Waals surface area contributed by atoms with Gasteiger partial charge in [0.2, 0.25) is 0 Å². The number of ether oxygens (including phenoxy) is 1. The number of alkyl halides is 6. The van der Waals surface area contributed by atoms with Gasteiger partial charge in [0.25, 0.3) is 0 Å². The minimum Gasteiger partial charge on any atom is -0.462 e. The number of fused-ring (bicyclic) bond motifs is 5. The van der Waals surface area contributed by atoms with Gasteiger partial charge in [-0.2, -0.15) is 0 Å². The average Bonchev–Trinajstić information content (AvgIpc) is 3.04. The first-order valence-electron chi connectivity index (χ1n) is 7.32. The molecular formula is C14H12Cl6O2. The van der Waals surface area contributed by atoms with E-state index in [9.17, 15) is 4.79 Å². The fraction of sp³-hybridized carbons (Fsp3) is 0.929. The number of esters is 1. The summed E-state index contributed by atoms with van der Waals surface area (Å²) in [7, 11) is 0. The van der Waals surface area contributed by atoms with Crippen LogP contribution in [0.3, 0.4) is 0 Å². The van der Waals surface area contributed by atoms with E-state index < -0.39 is 24.3 Å². The molecule has 0 aromatic heterocycles. The van der Waals surface area contributed by atoms with Gasteiger partial charge in [-0.3, -0.25) is 4.79 Å². The maximum absolute atomic E-state index is 11.5. The van der Waals surface area contributed by atoms with Crippen LogP contribution in [0.25, 0.3) is 0 Å². The third-order valence-corrected chi connectivity index (χ3v) is 12.0. The molecule has 0 radical (unpaired) electrons. The second kappa shape index (κ2) is 3.81. The molecule has 0 N–H and O–H groups in total. The molecule has 8 heteroatoms. The second-order valence-electron chi connectivity index (χ2n) is 7.40. The first-order chi connectivity index (χ1) is 10.1. The lowest BCUT2D eigenvalue weighted by molar-refractivity contribution is -0.152. The molecular weight excluding hydrogens is 413 g/mol. The van der Waals surface area contributed by atoms with E-state index in [4.69, 9.17) is 74.3 Å². The Hall–Kier alpha value is 1.21. The van der Waals surface area contributed by atoms with Crippen molar-refractivity contribution in [2.24, 2.45) is 29.6 Å². The van der Waals surface area contributed by atoms with Crippen LogP contribution in [0.15, 0.2) is 0 Å².